The molecule has 0 aliphatic heterocycles. The number of rotatable bonds is 5. The van der Waals surface area contributed by atoms with Crippen LogP contribution in [-0.4, -0.2) is 28.9 Å². The molecule has 1 heterocycles. The number of hydrogen-bond acceptors (Lipinski definition) is 3. The van der Waals surface area contributed by atoms with E-state index in [0.29, 0.717) is 0 Å². The fourth-order valence-corrected chi connectivity index (χ4v) is 1.02. The minimum atomic E-state index is -4.79. The second kappa shape index (κ2) is 5.03. The number of carbonyl (C=O) groups excluding carboxylic acids is 2. The van der Waals surface area contributed by atoms with E-state index in [2.05, 4.69) is 4.98 Å². The van der Waals surface area contributed by atoms with Gasteiger partial charge in [-0.05, 0) is 12.1 Å². The predicted molar refractivity (Wildman–Crippen MR) is 49.1 cm³/mol. The van der Waals surface area contributed by atoms with Crippen LogP contribution in [0.2, 0.25) is 0 Å². The number of Topliss-reactive ketones (excluding diaryl/α,β-unsaturated/α-hetero) is 2. The van der Waals surface area contributed by atoms with Gasteiger partial charge < -0.3 is 0 Å². The Bertz CT molecular complexity index is 420. The number of aromatic nitrogens is 1. The van der Waals surface area contributed by atoms with Crippen LogP contribution < -0.4 is 0 Å². The fraction of sp³-hybridized carbons (Fsp3) is 0.300. The van der Waals surface area contributed by atoms with E-state index in [4.69, 9.17) is 0 Å². The van der Waals surface area contributed by atoms with Crippen molar-refractivity contribution in [2.24, 2.45) is 0 Å². The lowest BCUT2D eigenvalue weighted by atomic mass is 10.0. The number of alkyl halides is 4. The molecule has 1 aromatic heterocycles. The van der Waals surface area contributed by atoms with Crippen molar-refractivity contribution in [3.8, 4) is 0 Å². The van der Waals surface area contributed by atoms with Crippen LogP contribution in [0.1, 0.15) is 16.8 Å². The highest BCUT2D eigenvalue weighted by Gasteiger charge is 2.48. The summed E-state index contributed by atoms with van der Waals surface area (Å²) in [6, 6.07) is 2.62. The summed E-state index contributed by atoms with van der Waals surface area (Å²) in [6.45, 7) is 0. The van der Waals surface area contributed by atoms with Gasteiger partial charge >= 0.3 is 12.3 Å². The zero-order valence-corrected chi connectivity index (χ0v) is 8.37. The predicted octanol–water partition coefficient (Wildman–Crippen LogP) is 2.12. The smallest absolute Gasteiger partial charge is 0.294 e. The molecule has 0 saturated heterocycles. The van der Waals surface area contributed by atoms with Crippen LogP contribution in [0.25, 0.3) is 0 Å². The Kier molecular flexibility index (Phi) is 3.93. The van der Waals surface area contributed by atoms with Crippen molar-refractivity contribution in [3.63, 3.8) is 0 Å². The van der Waals surface area contributed by atoms with Gasteiger partial charge in [0, 0.05) is 18.0 Å². The second-order valence-electron chi connectivity index (χ2n) is 3.19. The van der Waals surface area contributed by atoms with Crippen LogP contribution in [-0.2, 0) is 4.79 Å². The van der Waals surface area contributed by atoms with E-state index in [-0.39, 0.29) is 5.56 Å². The molecular weight excluding hydrogens is 242 g/mol. The standard InChI is InChI=1S/C10H7F4NO2/c11-9(12)10(13,14)8(17)4-7(16)6-2-1-3-15-5-6/h1-3,5,9H,4H2. The SMILES string of the molecule is O=C(CC(=O)C(F)(F)C(F)F)c1cccnc1. The lowest BCUT2D eigenvalue weighted by Crippen LogP contribution is -2.37. The van der Waals surface area contributed by atoms with Crippen LogP contribution >= 0.6 is 0 Å². The summed E-state index contributed by atoms with van der Waals surface area (Å²) in [7, 11) is 0. The Labute approximate surface area is 93.5 Å². The second-order valence-corrected chi connectivity index (χ2v) is 3.19. The molecule has 0 atom stereocenters. The number of halogens is 4. The molecule has 0 aromatic carbocycles. The van der Waals surface area contributed by atoms with Crippen molar-refractivity contribution in [2.75, 3.05) is 0 Å². The minimum Gasteiger partial charge on any atom is -0.294 e. The molecule has 0 radical (unpaired) electrons. The van der Waals surface area contributed by atoms with Crippen LogP contribution in [0.3, 0.4) is 0 Å². The van der Waals surface area contributed by atoms with Crippen LogP contribution in [0.15, 0.2) is 24.5 Å². The van der Waals surface area contributed by atoms with Gasteiger partial charge in [0.15, 0.2) is 5.78 Å². The van der Waals surface area contributed by atoms with E-state index in [1.54, 1.807) is 0 Å². The molecule has 0 spiro atoms. The molecular formula is C10H7F4NO2. The summed E-state index contributed by atoms with van der Waals surface area (Å²) in [5.41, 5.74) is -0.0779. The van der Waals surface area contributed by atoms with Gasteiger partial charge in [-0.1, -0.05) is 0 Å². The van der Waals surface area contributed by atoms with Gasteiger partial charge in [-0.2, -0.15) is 8.78 Å². The average molecular weight is 249 g/mol. The summed E-state index contributed by atoms with van der Waals surface area (Å²) < 4.78 is 48.7. The third kappa shape index (κ3) is 3.08. The van der Waals surface area contributed by atoms with Crippen molar-refractivity contribution in [2.45, 2.75) is 18.8 Å². The molecule has 7 heteroatoms. The highest BCUT2D eigenvalue weighted by molar-refractivity contribution is 6.09. The molecule has 0 N–H and O–H groups in total. The average Bonchev–Trinajstić information content (AvgIpc) is 2.29. The Hall–Kier alpha value is -1.79. The summed E-state index contributed by atoms with van der Waals surface area (Å²) in [6.07, 6.45) is -2.98. The van der Waals surface area contributed by atoms with Gasteiger partial charge in [0.1, 0.15) is 0 Å². The lowest BCUT2D eigenvalue weighted by Gasteiger charge is -2.12. The van der Waals surface area contributed by atoms with Gasteiger partial charge in [-0.25, -0.2) is 8.78 Å². The minimum absolute atomic E-state index is 0.0779. The van der Waals surface area contributed by atoms with E-state index in [1.807, 2.05) is 0 Å². The Morgan fingerprint density at radius 2 is 2.00 bits per heavy atom. The quantitative estimate of drug-likeness (QED) is 0.456. The molecule has 0 aliphatic rings. The van der Waals surface area contributed by atoms with Gasteiger partial charge in [0.25, 0.3) is 0 Å². The molecule has 92 valence electrons. The highest BCUT2D eigenvalue weighted by Crippen LogP contribution is 2.25. The van der Waals surface area contributed by atoms with E-state index < -0.39 is 30.3 Å². The van der Waals surface area contributed by atoms with Crippen molar-refractivity contribution in [1.29, 1.82) is 0 Å². The maximum atomic E-state index is 12.5. The van der Waals surface area contributed by atoms with Gasteiger partial charge in [-0.3, -0.25) is 14.6 Å². The van der Waals surface area contributed by atoms with Crippen molar-refractivity contribution in [1.82, 2.24) is 4.98 Å². The number of pyridine rings is 1. The first-order valence-electron chi connectivity index (χ1n) is 4.48. The largest absolute Gasteiger partial charge is 0.364 e. The third-order valence-electron chi connectivity index (χ3n) is 1.95. The summed E-state index contributed by atoms with van der Waals surface area (Å²) in [5.74, 6) is -7.86. The van der Waals surface area contributed by atoms with E-state index in [9.17, 15) is 27.2 Å². The molecule has 0 saturated carbocycles. The van der Waals surface area contributed by atoms with Crippen LogP contribution in [0, 0.1) is 0 Å². The summed E-state index contributed by atoms with van der Waals surface area (Å²) in [4.78, 5) is 25.6. The number of nitrogens with zero attached hydrogens (tertiary/aromatic N) is 1. The highest BCUT2D eigenvalue weighted by atomic mass is 19.3. The Balaban J connectivity index is 2.74. The van der Waals surface area contributed by atoms with Gasteiger partial charge in [0.2, 0.25) is 5.78 Å². The summed E-state index contributed by atoms with van der Waals surface area (Å²) in [5, 5.41) is 0. The summed E-state index contributed by atoms with van der Waals surface area (Å²) >= 11 is 0. The van der Waals surface area contributed by atoms with Crippen molar-refractivity contribution < 1.29 is 27.2 Å². The molecule has 0 aliphatic carbocycles. The maximum Gasteiger partial charge on any atom is 0.364 e. The number of ketones is 2. The first kappa shape index (κ1) is 13.3. The normalized spacial score (nSPS) is 11.6. The van der Waals surface area contributed by atoms with Gasteiger partial charge in [-0.15, -0.1) is 0 Å². The molecule has 0 unspecified atom stereocenters. The molecule has 3 nitrogen and oxygen atoms in total. The Morgan fingerprint density at radius 3 is 2.47 bits per heavy atom. The molecule has 0 fully saturated rings. The van der Waals surface area contributed by atoms with Crippen molar-refractivity contribution >= 4 is 11.6 Å². The van der Waals surface area contributed by atoms with E-state index in [0.717, 1.165) is 6.20 Å². The van der Waals surface area contributed by atoms with Crippen LogP contribution in [0.5, 0.6) is 0 Å². The molecule has 1 aromatic rings. The monoisotopic (exact) mass is 249 g/mol. The Morgan fingerprint density at radius 1 is 1.35 bits per heavy atom. The van der Waals surface area contributed by atoms with E-state index >= 15 is 0 Å². The van der Waals surface area contributed by atoms with E-state index in [1.165, 1.54) is 18.3 Å². The maximum absolute atomic E-state index is 12.5. The molecule has 17 heavy (non-hydrogen) atoms. The zero-order valence-electron chi connectivity index (χ0n) is 8.37. The van der Waals surface area contributed by atoms with Gasteiger partial charge in [0.05, 0.1) is 6.42 Å². The fourth-order valence-electron chi connectivity index (χ4n) is 1.02. The molecule has 1 rings (SSSR count). The molecule has 0 bridgehead atoms. The zero-order chi connectivity index (χ0) is 13.1. The third-order valence-corrected chi connectivity index (χ3v) is 1.95. The van der Waals surface area contributed by atoms with Crippen LogP contribution in [0.4, 0.5) is 17.6 Å². The first-order valence-corrected chi connectivity index (χ1v) is 4.48. The van der Waals surface area contributed by atoms with Crippen molar-refractivity contribution in [3.05, 3.63) is 30.1 Å². The lowest BCUT2D eigenvalue weighted by molar-refractivity contribution is -0.166. The number of hydrogen-bond donors (Lipinski definition) is 0. The molecule has 0 amide bonds. The number of carbonyl (C=O) groups is 2. The first-order chi connectivity index (χ1) is 7.85. The topological polar surface area (TPSA) is 47.0 Å².